The highest BCUT2D eigenvalue weighted by Crippen LogP contribution is 2.38. The van der Waals surface area contributed by atoms with Crippen LogP contribution in [0.2, 0.25) is 0 Å². The first-order valence-electron chi connectivity index (χ1n) is 6.40. The van der Waals surface area contributed by atoms with Gasteiger partial charge in [0.05, 0.1) is 25.4 Å². The second-order valence-corrected chi connectivity index (χ2v) is 4.90. The van der Waals surface area contributed by atoms with Crippen molar-refractivity contribution in [3.05, 3.63) is 0 Å². The predicted octanol–water partition coefficient (Wildman–Crippen LogP) is 1.33. The van der Waals surface area contributed by atoms with Gasteiger partial charge in [0, 0.05) is 0 Å². The van der Waals surface area contributed by atoms with Crippen molar-refractivity contribution in [3.63, 3.8) is 0 Å². The van der Waals surface area contributed by atoms with Crippen LogP contribution >= 0.6 is 0 Å². The van der Waals surface area contributed by atoms with Gasteiger partial charge in [-0.2, -0.15) is 0 Å². The van der Waals surface area contributed by atoms with Crippen LogP contribution in [0.25, 0.3) is 0 Å². The number of aliphatic hydroxyl groups excluding tert-OH is 1. The Hall–Kier alpha value is -0.160. The van der Waals surface area contributed by atoms with Crippen molar-refractivity contribution in [2.24, 2.45) is 0 Å². The average Bonchev–Trinajstić information content (AvgIpc) is 2.81. The number of hydrogen-bond acceptors (Lipinski definition) is 4. The Morgan fingerprint density at radius 3 is 2.00 bits per heavy atom. The maximum atomic E-state index is 9.60. The smallest absolute Gasteiger partial charge is 0.113 e. The molecule has 2 aliphatic heterocycles. The highest BCUT2D eigenvalue weighted by molar-refractivity contribution is 5.01. The Morgan fingerprint density at radius 1 is 1.12 bits per heavy atom. The monoisotopic (exact) mass is 229 g/mol. The van der Waals surface area contributed by atoms with E-state index in [4.69, 9.17) is 9.47 Å². The summed E-state index contributed by atoms with van der Waals surface area (Å²) in [4.78, 5) is 2.28. The molecule has 1 N–H and O–H groups in total. The van der Waals surface area contributed by atoms with Gasteiger partial charge in [0.1, 0.15) is 12.5 Å². The van der Waals surface area contributed by atoms with Gasteiger partial charge in [-0.05, 0) is 12.8 Å². The van der Waals surface area contributed by atoms with E-state index in [9.17, 15) is 5.11 Å². The molecule has 4 nitrogen and oxygen atoms in total. The number of hydrogen-bond donors (Lipinski definition) is 1. The number of fused-ring (bicyclic) bond motifs is 1. The van der Waals surface area contributed by atoms with Crippen LogP contribution < -0.4 is 0 Å². The normalized spacial score (nSPS) is 39.2. The summed E-state index contributed by atoms with van der Waals surface area (Å²) in [5.41, 5.74) is -0.264. The minimum atomic E-state index is -0.264. The van der Waals surface area contributed by atoms with Crippen molar-refractivity contribution in [2.75, 3.05) is 19.8 Å². The molecule has 2 rings (SSSR count). The van der Waals surface area contributed by atoms with Crippen LogP contribution in [0.1, 0.15) is 39.5 Å². The Bertz CT molecular complexity index is 216. The zero-order valence-corrected chi connectivity index (χ0v) is 10.3. The van der Waals surface area contributed by atoms with E-state index < -0.39 is 0 Å². The molecule has 0 aromatic heterocycles. The molecule has 94 valence electrons. The Balaban J connectivity index is 2.11. The number of rotatable bonds is 5. The van der Waals surface area contributed by atoms with E-state index in [1.807, 2.05) is 0 Å². The van der Waals surface area contributed by atoms with Crippen molar-refractivity contribution in [1.82, 2.24) is 4.90 Å². The van der Waals surface area contributed by atoms with Gasteiger partial charge in [-0.1, -0.05) is 26.7 Å². The van der Waals surface area contributed by atoms with Gasteiger partial charge in [-0.15, -0.1) is 0 Å². The minimum absolute atomic E-state index is 0.132. The lowest BCUT2D eigenvalue weighted by Gasteiger charge is -2.32. The van der Waals surface area contributed by atoms with Gasteiger partial charge in [0.25, 0.3) is 0 Å². The lowest BCUT2D eigenvalue weighted by Crippen LogP contribution is -2.51. The van der Waals surface area contributed by atoms with Gasteiger partial charge in [-0.25, -0.2) is 4.90 Å². The topological polar surface area (TPSA) is 41.9 Å². The molecule has 0 aromatic carbocycles. The summed E-state index contributed by atoms with van der Waals surface area (Å²) in [6, 6.07) is 0. The van der Waals surface area contributed by atoms with Crippen LogP contribution in [-0.4, -0.2) is 47.8 Å². The minimum Gasteiger partial charge on any atom is -0.394 e. The van der Waals surface area contributed by atoms with E-state index in [0.29, 0.717) is 13.2 Å². The van der Waals surface area contributed by atoms with Gasteiger partial charge in [-0.3, -0.25) is 0 Å². The molecule has 2 heterocycles. The van der Waals surface area contributed by atoms with Crippen LogP contribution in [0.15, 0.2) is 0 Å². The largest absolute Gasteiger partial charge is 0.394 e. The van der Waals surface area contributed by atoms with Crippen molar-refractivity contribution in [1.29, 1.82) is 0 Å². The molecule has 0 saturated carbocycles. The highest BCUT2D eigenvalue weighted by atomic mass is 16.6. The molecule has 0 aromatic rings. The maximum Gasteiger partial charge on any atom is 0.113 e. The summed E-state index contributed by atoms with van der Waals surface area (Å²) in [6.07, 6.45) is 4.51. The van der Waals surface area contributed by atoms with Crippen LogP contribution in [0, 0.1) is 0 Å². The van der Waals surface area contributed by atoms with Gasteiger partial charge >= 0.3 is 0 Å². The lowest BCUT2D eigenvalue weighted by molar-refractivity contribution is -0.0653. The fourth-order valence-electron chi connectivity index (χ4n) is 2.76. The van der Waals surface area contributed by atoms with Crippen molar-refractivity contribution < 1.29 is 14.6 Å². The summed E-state index contributed by atoms with van der Waals surface area (Å²) in [5, 5.41) is 9.60. The van der Waals surface area contributed by atoms with Gasteiger partial charge in [0.15, 0.2) is 0 Å². The van der Waals surface area contributed by atoms with Crippen LogP contribution in [0.3, 0.4) is 0 Å². The highest BCUT2D eigenvalue weighted by Gasteiger charge is 2.54. The Labute approximate surface area is 97.5 Å². The fraction of sp³-hybridized carbons (Fsp3) is 1.00. The maximum absolute atomic E-state index is 9.60. The standard InChI is InChI=1S/C12H23NO3/c1-3-5-10-13-11(6-4-2)16-9-12(13,7-14)8-15-10/h10-11,14H,3-9H2,1-2H3. The average molecular weight is 229 g/mol. The third-order valence-electron chi connectivity index (χ3n) is 3.62. The van der Waals surface area contributed by atoms with Gasteiger partial charge < -0.3 is 14.6 Å². The fourth-order valence-corrected chi connectivity index (χ4v) is 2.76. The predicted molar refractivity (Wildman–Crippen MR) is 61.0 cm³/mol. The molecule has 0 radical (unpaired) electrons. The molecule has 0 amide bonds. The van der Waals surface area contributed by atoms with Crippen molar-refractivity contribution in [3.8, 4) is 0 Å². The molecule has 2 fully saturated rings. The van der Waals surface area contributed by atoms with Crippen LogP contribution in [0.4, 0.5) is 0 Å². The first-order chi connectivity index (χ1) is 7.77. The first kappa shape index (κ1) is 12.3. The molecule has 2 aliphatic rings. The van der Waals surface area contributed by atoms with E-state index >= 15 is 0 Å². The summed E-state index contributed by atoms with van der Waals surface area (Å²) >= 11 is 0. The zero-order valence-electron chi connectivity index (χ0n) is 10.3. The second kappa shape index (κ2) is 5.00. The quantitative estimate of drug-likeness (QED) is 0.772. The SMILES string of the molecule is CCCC1OCC2(CO)COC(CCC)N12. The van der Waals surface area contributed by atoms with Crippen LogP contribution in [0.5, 0.6) is 0 Å². The molecule has 0 spiro atoms. The summed E-state index contributed by atoms with van der Waals surface area (Å²) in [7, 11) is 0. The number of aliphatic hydroxyl groups is 1. The molecule has 16 heavy (non-hydrogen) atoms. The summed E-state index contributed by atoms with van der Waals surface area (Å²) < 4.78 is 11.6. The van der Waals surface area contributed by atoms with E-state index in [-0.39, 0.29) is 24.6 Å². The third kappa shape index (κ3) is 1.88. The van der Waals surface area contributed by atoms with E-state index in [0.717, 1.165) is 25.7 Å². The number of ether oxygens (including phenoxy) is 2. The second-order valence-electron chi connectivity index (χ2n) is 4.90. The van der Waals surface area contributed by atoms with Crippen molar-refractivity contribution >= 4 is 0 Å². The molecule has 2 saturated heterocycles. The molecule has 0 bridgehead atoms. The van der Waals surface area contributed by atoms with E-state index in [1.54, 1.807) is 0 Å². The summed E-state index contributed by atoms with van der Waals surface area (Å²) in [5.74, 6) is 0. The van der Waals surface area contributed by atoms with Crippen LogP contribution in [-0.2, 0) is 9.47 Å². The molecular weight excluding hydrogens is 206 g/mol. The summed E-state index contributed by atoms with van der Waals surface area (Å²) in [6.45, 7) is 5.66. The molecular formula is C12H23NO3. The molecule has 2 unspecified atom stereocenters. The number of nitrogens with zero attached hydrogens (tertiary/aromatic N) is 1. The lowest BCUT2D eigenvalue weighted by atomic mass is 10.0. The van der Waals surface area contributed by atoms with Gasteiger partial charge in [0.2, 0.25) is 0 Å². The molecule has 2 atom stereocenters. The van der Waals surface area contributed by atoms with E-state index in [1.165, 1.54) is 0 Å². The molecule has 0 aliphatic carbocycles. The Morgan fingerprint density at radius 2 is 1.62 bits per heavy atom. The third-order valence-corrected chi connectivity index (χ3v) is 3.62. The van der Waals surface area contributed by atoms with Crippen molar-refractivity contribution in [2.45, 2.75) is 57.5 Å². The molecule has 4 heteroatoms. The van der Waals surface area contributed by atoms with E-state index in [2.05, 4.69) is 18.7 Å². The first-order valence-corrected chi connectivity index (χ1v) is 6.40. The zero-order chi connectivity index (χ0) is 11.6. The Kier molecular flexibility index (Phi) is 3.85.